The van der Waals surface area contributed by atoms with Gasteiger partial charge in [-0.2, -0.15) is 0 Å². The van der Waals surface area contributed by atoms with Crippen molar-refractivity contribution in [1.29, 1.82) is 0 Å². The van der Waals surface area contributed by atoms with E-state index in [0.717, 1.165) is 25.7 Å². The lowest BCUT2D eigenvalue weighted by Crippen LogP contribution is -2.46. The fourth-order valence-electron chi connectivity index (χ4n) is 2.19. The summed E-state index contributed by atoms with van der Waals surface area (Å²) in [4.78, 5) is 12.8. The lowest BCUT2D eigenvalue weighted by Gasteiger charge is -2.36. The van der Waals surface area contributed by atoms with E-state index >= 15 is 0 Å². The zero-order valence-electron chi connectivity index (χ0n) is 9.77. The van der Waals surface area contributed by atoms with Crippen molar-refractivity contribution in [2.45, 2.75) is 50.8 Å². The van der Waals surface area contributed by atoms with Crippen LogP contribution in [0.25, 0.3) is 0 Å². The summed E-state index contributed by atoms with van der Waals surface area (Å²) in [7, 11) is 3.62. The van der Waals surface area contributed by atoms with Crippen molar-refractivity contribution >= 4 is 5.97 Å². The normalized spacial score (nSPS) is 29.1. The lowest BCUT2D eigenvalue weighted by molar-refractivity contribution is -0.143. The average Bonchev–Trinajstić information content (AvgIpc) is 2.27. The summed E-state index contributed by atoms with van der Waals surface area (Å²) in [5, 5.41) is 8.93. The van der Waals surface area contributed by atoms with Gasteiger partial charge < -0.3 is 9.84 Å². The Balaban J connectivity index is 2.51. The molecule has 0 radical (unpaired) electrons. The van der Waals surface area contributed by atoms with Crippen molar-refractivity contribution in [3.05, 3.63) is 0 Å². The van der Waals surface area contributed by atoms with Gasteiger partial charge in [-0.15, -0.1) is 0 Å². The van der Waals surface area contributed by atoms with Crippen molar-refractivity contribution in [2.24, 2.45) is 0 Å². The molecule has 0 heterocycles. The van der Waals surface area contributed by atoms with Gasteiger partial charge in [0, 0.05) is 13.2 Å². The first kappa shape index (κ1) is 12.5. The molecule has 0 aliphatic heterocycles. The van der Waals surface area contributed by atoms with E-state index in [1.807, 2.05) is 11.9 Å². The molecule has 88 valence electrons. The second-order valence-electron chi connectivity index (χ2n) is 4.36. The molecule has 4 nitrogen and oxygen atoms in total. The molecule has 0 saturated heterocycles. The standard InChI is InChI=1S/C11H21NO3/c1-8(11(13)14)12(2)9-5-4-6-10(7-9)15-3/h8-10H,4-7H2,1-3H3,(H,13,14). The van der Waals surface area contributed by atoms with Gasteiger partial charge in [0.15, 0.2) is 0 Å². The molecule has 1 aliphatic carbocycles. The van der Waals surface area contributed by atoms with Crippen LogP contribution in [0.15, 0.2) is 0 Å². The number of rotatable bonds is 4. The quantitative estimate of drug-likeness (QED) is 0.769. The Morgan fingerprint density at radius 2 is 2.20 bits per heavy atom. The Morgan fingerprint density at radius 3 is 2.73 bits per heavy atom. The number of aliphatic carboxylic acids is 1. The molecule has 1 saturated carbocycles. The van der Waals surface area contributed by atoms with Crippen LogP contribution in [-0.2, 0) is 9.53 Å². The molecule has 0 spiro atoms. The van der Waals surface area contributed by atoms with Crippen LogP contribution in [0.3, 0.4) is 0 Å². The number of hydrogen-bond donors (Lipinski definition) is 1. The number of nitrogens with zero attached hydrogens (tertiary/aromatic N) is 1. The van der Waals surface area contributed by atoms with Crippen molar-refractivity contribution in [2.75, 3.05) is 14.2 Å². The van der Waals surface area contributed by atoms with Gasteiger partial charge in [0.1, 0.15) is 6.04 Å². The minimum absolute atomic E-state index is 0.298. The predicted molar refractivity (Wildman–Crippen MR) is 57.9 cm³/mol. The maximum absolute atomic E-state index is 10.9. The fourth-order valence-corrected chi connectivity index (χ4v) is 2.19. The van der Waals surface area contributed by atoms with Crippen molar-refractivity contribution in [3.8, 4) is 0 Å². The van der Waals surface area contributed by atoms with Crippen LogP contribution in [0.5, 0.6) is 0 Å². The Kier molecular flexibility index (Phi) is 4.54. The molecular weight excluding hydrogens is 194 g/mol. The number of likely N-dealkylation sites (N-methyl/N-ethyl adjacent to an activating group) is 1. The summed E-state index contributed by atoms with van der Waals surface area (Å²) in [5.74, 6) is -0.753. The Bertz CT molecular complexity index is 220. The number of methoxy groups -OCH3 is 1. The molecule has 4 heteroatoms. The summed E-state index contributed by atoms with van der Waals surface area (Å²) < 4.78 is 5.34. The highest BCUT2D eigenvalue weighted by molar-refractivity contribution is 5.72. The van der Waals surface area contributed by atoms with E-state index in [0.29, 0.717) is 12.1 Å². The van der Waals surface area contributed by atoms with E-state index in [9.17, 15) is 4.79 Å². The van der Waals surface area contributed by atoms with E-state index in [1.165, 1.54) is 0 Å². The predicted octanol–water partition coefficient (Wildman–Crippen LogP) is 1.35. The second kappa shape index (κ2) is 5.47. The van der Waals surface area contributed by atoms with Gasteiger partial charge in [0.05, 0.1) is 6.10 Å². The minimum atomic E-state index is -0.753. The molecule has 0 aromatic heterocycles. The molecule has 0 aromatic carbocycles. The molecule has 1 rings (SSSR count). The van der Waals surface area contributed by atoms with Gasteiger partial charge in [0.2, 0.25) is 0 Å². The molecule has 0 amide bonds. The minimum Gasteiger partial charge on any atom is -0.480 e. The van der Waals surface area contributed by atoms with E-state index in [4.69, 9.17) is 9.84 Å². The van der Waals surface area contributed by atoms with Crippen LogP contribution in [0.2, 0.25) is 0 Å². The number of carboxylic acid groups (broad SMARTS) is 1. The molecule has 1 N–H and O–H groups in total. The molecule has 1 fully saturated rings. The molecule has 0 aromatic rings. The molecule has 0 bridgehead atoms. The Labute approximate surface area is 91.2 Å². The lowest BCUT2D eigenvalue weighted by atomic mass is 9.91. The van der Waals surface area contributed by atoms with Gasteiger partial charge in [-0.05, 0) is 39.7 Å². The van der Waals surface area contributed by atoms with Crippen molar-refractivity contribution in [1.82, 2.24) is 4.90 Å². The van der Waals surface area contributed by atoms with E-state index in [1.54, 1.807) is 14.0 Å². The maximum Gasteiger partial charge on any atom is 0.320 e. The van der Waals surface area contributed by atoms with Crippen molar-refractivity contribution < 1.29 is 14.6 Å². The third-order valence-electron chi connectivity index (χ3n) is 3.48. The van der Waals surface area contributed by atoms with Crippen molar-refractivity contribution in [3.63, 3.8) is 0 Å². The topological polar surface area (TPSA) is 49.8 Å². The van der Waals surface area contributed by atoms with Gasteiger partial charge in [-0.25, -0.2) is 0 Å². The summed E-state index contributed by atoms with van der Waals surface area (Å²) >= 11 is 0. The number of carboxylic acids is 1. The number of hydrogen-bond acceptors (Lipinski definition) is 3. The van der Waals surface area contributed by atoms with E-state index in [-0.39, 0.29) is 0 Å². The summed E-state index contributed by atoms with van der Waals surface area (Å²) in [6.07, 6.45) is 4.55. The van der Waals surface area contributed by atoms with Gasteiger partial charge in [-0.3, -0.25) is 9.69 Å². The Morgan fingerprint density at radius 1 is 1.53 bits per heavy atom. The molecule has 1 aliphatic rings. The van der Waals surface area contributed by atoms with Crippen LogP contribution in [0.1, 0.15) is 32.6 Å². The van der Waals surface area contributed by atoms with Crippen LogP contribution in [0, 0.1) is 0 Å². The summed E-state index contributed by atoms with van der Waals surface area (Å²) in [6.45, 7) is 1.73. The Hall–Kier alpha value is -0.610. The first-order valence-electron chi connectivity index (χ1n) is 5.53. The zero-order valence-corrected chi connectivity index (χ0v) is 9.77. The highest BCUT2D eigenvalue weighted by atomic mass is 16.5. The monoisotopic (exact) mass is 215 g/mol. The van der Waals surface area contributed by atoms with E-state index in [2.05, 4.69) is 0 Å². The zero-order chi connectivity index (χ0) is 11.4. The summed E-state index contributed by atoms with van der Waals surface area (Å²) in [5.41, 5.74) is 0. The highest BCUT2D eigenvalue weighted by Gasteiger charge is 2.29. The fraction of sp³-hybridized carbons (Fsp3) is 0.909. The summed E-state index contributed by atoms with van der Waals surface area (Å²) in [6, 6.07) is -0.0691. The van der Waals surface area contributed by atoms with Crippen LogP contribution < -0.4 is 0 Å². The number of ether oxygens (including phenoxy) is 1. The van der Waals surface area contributed by atoms with Gasteiger partial charge >= 0.3 is 5.97 Å². The first-order chi connectivity index (χ1) is 7.06. The van der Waals surface area contributed by atoms with Crippen LogP contribution in [-0.4, -0.2) is 48.3 Å². The molecular formula is C11H21NO3. The average molecular weight is 215 g/mol. The van der Waals surface area contributed by atoms with Crippen LogP contribution >= 0.6 is 0 Å². The smallest absolute Gasteiger partial charge is 0.320 e. The molecule has 3 unspecified atom stereocenters. The maximum atomic E-state index is 10.9. The van der Waals surface area contributed by atoms with Gasteiger partial charge in [0.25, 0.3) is 0 Å². The van der Waals surface area contributed by atoms with Crippen LogP contribution in [0.4, 0.5) is 0 Å². The second-order valence-corrected chi connectivity index (χ2v) is 4.36. The molecule has 3 atom stereocenters. The van der Waals surface area contributed by atoms with E-state index < -0.39 is 12.0 Å². The number of carbonyl (C=O) groups is 1. The first-order valence-corrected chi connectivity index (χ1v) is 5.53. The SMILES string of the molecule is COC1CCCC(N(C)C(C)C(=O)O)C1. The molecule has 15 heavy (non-hydrogen) atoms. The third-order valence-corrected chi connectivity index (χ3v) is 3.48. The van der Waals surface area contributed by atoms with Gasteiger partial charge in [-0.1, -0.05) is 0 Å². The third kappa shape index (κ3) is 3.18. The largest absolute Gasteiger partial charge is 0.480 e. The highest BCUT2D eigenvalue weighted by Crippen LogP contribution is 2.25.